The van der Waals surface area contributed by atoms with Crippen LogP contribution in [0.2, 0.25) is 0 Å². The summed E-state index contributed by atoms with van der Waals surface area (Å²) >= 11 is 4.62. The number of hydrogen-bond acceptors (Lipinski definition) is 6. The van der Waals surface area contributed by atoms with Crippen LogP contribution in [0.15, 0.2) is 76.9 Å². The average Bonchev–Trinajstić information content (AvgIpc) is 3.46. The van der Waals surface area contributed by atoms with Gasteiger partial charge in [0.15, 0.2) is 5.01 Å². The Kier molecular flexibility index (Phi) is 6.98. The van der Waals surface area contributed by atoms with Crippen LogP contribution >= 0.6 is 27.3 Å². The second-order valence-electron chi connectivity index (χ2n) is 6.96. The van der Waals surface area contributed by atoms with Crippen LogP contribution in [-0.4, -0.2) is 20.7 Å². The SMILES string of the molecule is Cc1ccccc1OCc1nnc(NC(=O)/C(C#N)=C\c2cccn2-c2ccc(Br)cc2)s1. The van der Waals surface area contributed by atoms with Crippen LogP contribution in [0.4, 0.5) is 5.13 Å². The first kappa shape index (κ1) is 22.5. The van der Waals surface area contributed by atoms with Crippen LogP contribution < -0.4 is 10.1 Å². The van der Waals surface area contributed by atoms with Crippen molar-refractivity contribution >= 4 is 44.4 Å². The first-order chi connectivity index (χ1) is 16.0. The number of nitrogens with zero attached hydrogens (tertiary/aromatic N) is 4. The van der Waals surface area contributed by atoms with Crippen LogP contribution in [-0.2, 0) is 11.4 Å². The van der Waals surface area contributed by atoms with E-state index >= 15 is 0 Å². The zero-order valence-corrected chi connectivity index (χ0v) is 19.9. The fraction of sp³-hybridized carbons (Fsp3) is 0.0833. The van der Waals surface area contributed by atoms with E-state index in [4.69, 9.17) is 4.74 Å². The molecule has 0 aliphatic carbocycles. The first-order valence-corrected chi connectivity index (χ1v) is 11.5. The number of aromatic nitrogens is 3. The Balaban J connectivity index is 1.45. The number of nitrogens with one attached hydrogen (secondary N) is 1. The minimum atomic E-state index is -0.552. The van der Waals surface area contributed by atoms with Crippen molar-refractivity contribution < 1.29 is 9.53 Å². The summed E-state index contributed by atoms with van der Waals surface area (Å²) in [5.74, 6) is 0.213. The minimum Gasteiger partial charge on any atom is -0.486 e. The summed E-state index contributed by atoms with van der Waals surface area (Å²) < 4.78 is 8.63. The number of amides is 1. The molecule has 0 aliphatic heterocycles. The van der Waals surface area contributed by atoms with Gasteiger partial charge in [-0.2, -0.15) is 5.26 Å². The molecule has 4 aromatic rings. The largest absolute Gasteiger partial charge is 0.486 e. The predicted molar refractivity (Wildman–Crippen MR) is 131 cm³/mol. The van der Waals surface area contributed by atoms with Gasteiger partial charge in [0.25, 0.3) is 5.91 Å². The Bertz CT molecular complexity index is 1350. The zero-order valence-electron chi connectivity index (χ0n) is 17.5. The Hall–Kier alpha value is -3.74. The molecule has 2 aromatic carbocycles. The molecule has 0 spiro atoms. The highest BCUT2D eigenvalue weighted by Gasteiger charge is 2.14. The third kappa shape index (κ3) is 5.55. The summed E-state index contributed by atoms with van der Waals surface area (Å²) in [6.45, 7) is 2.20. The van der Waals surface area contributed by atoms with Gasteiger partial charge in [-0.25, -0.2) is 0 Å². The van der Waals surface area contributed by atoms with Crippen molar-refractivity contribution in [3.05, 3.63) is 93.2 Å². The normalized spacial score (nSPS) is 11.1. The van der Waals surface area contributed by atoms with Crippen molar-refractivity contribution in [2.45, 2.75) is 13.5 Å². The van der Waals surface area contributed by atoms with E-state index in [0.717, 1.165) is 21.5 Å². The predicted octanol–water partition coefficient (Wildman–Crippen LogP) is 5.52. The maximum atomic E-state index is 12.7. The average molecular weight is 520 g/mol. The fourth-order valence-electron chi connectivity index (χ4n) is 3.03. The molecule has 0 saturated carbocycles. The molecule has 0 radical (unpaired) electrons. The molecule has 7 nitrogen and oxygen atoms in total. The summed E-state index contributed by atoms with van der Waals surface area (Å²) in [6.07, 6.45) is 3.41. The van der Waals surface area contributed by atoms with Gasteiger partial charge < -0.3 is 9.30 Å². The van der Waals surface area contributed by atoms with Crippen LogP contribution in [0.3, 0.4) is 0 Å². The molecule has 0 aliphatic rings. The highest BCUT2D eigenvalue weighted by Crippen LogP contribution is 2.22. The molecule has 0 atom stereocenters. The monoisotopic (exact) mass is 519 g/mol. The molecule has 33 heavy (non-hydrogen) atoms. The van der Waals surface area contributed by atoms with Gasteiger partial charge in [0.05, 0.1) is 0 Å². The maximum absolute atomic E-state index is 12.7. The Morgan fingerprint density at radius 1 is 1.18 bits per heavy atom. The zero-order chi connectivity index (χ0) is 23.2. The van der Waals surface area contributed by atoms with Crippen molar-refractivity contribution in [3.8, 4) is 17.5 Å². The molecule has 1 amide bonds. The first-order valence-electron chi connectivity index (χ1n) is 9.91. The van der Waals surface area contributed by atoms with Gasteiger partial charge in [0, 0.05) is 22.1 Å². The van der Waals surface area contributed by atoms with E-state index in [1.165, 1.54) is 11.3 Å². The maximum Gasteiger partial charge on any atom is 0.268 e. The lowest BCUT2D eigenvalue weighted by Crippen LogP contribution is -2.13. The standard InChI is InChI=1S/C24H18BrN5O2S/c1-16-5-2-3-7-21(16)32-15-22-28-29-24(33-22)27-23(31)17(14-26)13-20-6-4-12-30(20)19-10-8-18(25)9-11-19/h2-13H,15H2,1H3,(H,27,29,31)/b17-13-. The molecule has 0 saturated heterocycles. The Morgan fingerprint density at radius 3 is 2.73 bits per heavy atom. The van der Waals surface area contributed by atoms with Crippen LogP contribution in [0, 0.1) is 18.3 Å². The van der Waals surface area contributed by atoms with Crippen molar-refractivity contribution in [1.29, 1.82) is 5.26 Å². The molecule has 164 valence electrons. The topological polar surface area (TPSA) is 92.8 Å². The summed E-state index contributed by atoms with van der Waals surface area (Å²) in [5.41, 5.74) is 2.59. The summed E-state index contributed by atoms with van der Waals surface area (Å²) in [6, 6.07) is 21.1. The number of aryl methyl sites for hydroxylation is 1. The number of benzene rings is 2. The molecule has 1 N–H and O–H groups in total. The number of nitriles is 1. The number of rotatable bonds is 7. The number of ether oxygens (including phenoxy) is 1. The summed E-state index contributed by atoms with van der Waals surface area (Å²) in [5, 5.41) is 21.2. The summed E-state index contributed by atoms with van der Waals surface area (Å²) in [4.78, 5) is 12.7. The Labute approximate surface area is 203 Å². The number of hydrogen-bond donors (Lipinski definition) is 1. The van der Waals surface area contributed by atoms with Crippen molar-refractivity contribution in [2.24, 2.45) is 0 Å². The number of carbonyl (C=O) groups is 1. The smallest absolute Gasteiger partial charge is 0.268 e. The van der Waals surface area contributed by atoms with Gasteiger partial charge in [-0.05, 0) is 61.0 Å². The minimum absolute atomic E-state index is 0.0417. The number of halogens is 1. The molecule has 0 unspecified atom stereocenters. The van der Waals surface area contributed by atoms with E-state index in [0.29, 0.717) is 15.8 Å². The second kappa shape index (κ2) is 10.3. The lowest BCUT2D eigenvalue weighted by Gasteiger charge is -2.07. The highest BCUT2D eigenvalue weighted by molar-refractivity contribution is 9.10. The van der Waals surface area contributed by atoms with E-state index in [-0.39, 0.29) is 12.2 Å². The molecule has 0 bridgehead atoms. The van der Waals surface area contributed by atoms with Crippen molar-refractivity contribution in [2.75, 3.05) is 5.32 Å². The quantitative estimate of drug-likeness (QED) is 0.256. The number of anilines is 1. The van der Waals surface area contributed by atoms with E-state index in [9.17, 15) is 10.1 Å². The van der Waals surface area contributed by atoms with E-state index in [1.54, 1.807) is 6.08 Å². The van der Waals surface area contributed by atoms with E-state index < -0.39 is 5.91 Å². The third-order valence-electron chi connectivity index (χ3n) is 4.67. The van der Waals surface area contributed by atoms with Gasteiger partial charge in [-0.1, -0.05) is 45.5 Å². The molecule has 9 heteroatoms. The van der Waals surface area contributed by atoms with Gasteiger partial charge in [0.2, 0.25) is 5.13 Å². The van der Waals surface area contributed by atoms with Gasteiger partial charge >= 0.3 is 0 Å². The second-order valence-corrected chi connectivity index (χ2v) is 8.94. The van der Waals surface area contributed by atoms with Crippen molar-refractivity contribution in [3.63, 3.8) is 0 Å². The third-order valence-corrected chi connectivity index (χ3v) is 6.02. The fourth-order valence-corrected chi connectivity index (χ4v) is 3.94. The lowest BCUT2D eigenvalue weighted by atomic mass is 10.2. The summed E-state index contributed by atoms with van der Waals surface area (Å²) in [7, 11) is 0. The lowest BCUT2D eigenvalue weighted by molar-refractivity contribution is -0.112. The van der Waals surface area contributed by atoms with Gasteiger partial charge in [0.1, 0.15) is 24.0 Å². The Morgan fingerprint density at radius 2 is 1.97 bits per heavy atom. The van der Waals surface area contributed by atoms with Crippen molar-refractivity contribution in [1.82, 2.24) is 14.8 Å². The molecule has 4 rings (SSSR count). The van der Waals surface area contributed by atoms with Crippen LogP contribution in [0.25, 0.3) is 11.8 Å². The highest BCUT2D eigenvalue weighted by atomic mass is 79.9. The molecule has 2 heterocycles. The van der Waals surface area contributed by atoms with Gasteiger partial charge in [-0.3, -0.25) is 10.1 Å². The molecule has 2 aromatic heterocycles. The van der Waals surface area contributed by atoms with E-state index in [1.807, 2.05) is 84.4 Å². The molecular weight excluding hydrogens is 502 g/mol. The number of carbonyl (C=O) groups excluding carboxylic acids is 1. The van der Waals surface area contributed by atoms with Gasteiger partial charge in [-0.15, -0.1) is 10.2 Å². The molecule has 0 fully saturated rings. The number of para-hydroxylation sites is 1. The molecular formula is C24H18BrN5O2S. The van der Waals surface area contributed by atoms with Crippen LogP contribution in [0.1, 0.15) is 16.3 Å². The van der Waals surface area contributed by atoms with E-state index in [2.05, 4.69) is 31.4 Å². The van der Waals surface area contributed by atoms with Crippen LogP contribution in [0.5, 0.6) is 5.75 Å².